The molecule has 1 heterocycles. The number of carbonyl (C=O) groups is 2. The van der Waals surface area contributed by atoms with E-state index >= 15 is 0 Å². The van der Waals surface area contributed by atoms with Gasteiger partial charge >= 0.3 is 0 Å². The number of benzene rings is 2. The van der Waals surface area contributed by atoms with Gasteiger partial charge in [0.25, 0.3) is 5.91 Å². The Balaban J connectivity index is 1.56. The molecule has 0 atom stereocenters. The zero-order valence-electron chi connectivity index (χ0n) is 12.9. The summed E-state index contributed by atoms with van der Waals surface area (Å²) < 4.78 is 0. The molecule has 0 spiro atoms. The average molecular weight is 336 g/mol. The van der Waals surface area contributed by atoms with Crippen LogP contribution >= 0.6 is 11.3 Å². The smallest absolute Gasteiger partial charge is 0.262 e. The van der Waals surface area contributed by atoms with Crippen molar-refractivity contribution < 1.29 is 9.59 Å². The summed E-state index contributed by atoms with van der Waals surface area (Å²) in [4.78, 5) is 24.7. The molecule has 3 rings (SSSR count). The van der Waals surface area contributed by atoms with E-state index in [1.165, 1.54) is 17.4 Å². The van der Waals surface area contributed by atoms with E-state index in [0.29, 0.717) is 0 Å². The monoisotopic (exact) mass is 336 g/mol. The van der Waals surface area contributed by atoms with Crippen LogP contribution in [0.5, 0.6) is 0 Å². The van der Waals surface area contributed by atoms with Gasteiger partial charge < -0.3 is 0 Å². The highest BCUT2D eigenvalue weighted by Gasteiger charge is 2.07. The van der Waals surface area contributed by atoms with Crippen molar-refractivity contribution in [1.29, 1.82) is 0 Å². The van der Waals surface area contributed by atoms with Crippen molar-refractivity contribution >= 4 is 40.0 Å². The number of thiophene rings is 1. The molecule has 0 bridgehead atoms. The Labute approximate surface area is 143 Å². The lowest BCUT2D eigenvalue weighted by molar-refractivity contribution is -0.126. The van der Waals surface area contributed by atoms with E-state index in [4.69, 9.17) is 0 Å². The molecule has 2 N–H and O–H groups in total. The Kier molecular flexibility index (Phi) is 5.03. The number of nitrogens with one attached hydrogen (secondary N) is 2. The van der Waals surface area contributed by atoms with Gasteiger partial charge in [-0.2, -0.15) is 0 Å². The largest absolute Gasteiger partial charge is 0.273 e. The second-order valence-corrected chi connectivity index (χ2v) is 6.18. The molecule has 0 fully saturated rings. The molecule has 1 aromatic heterocycles. The number of rotatable bonds is 4. The minimum atomic E-state index is -0.366. The zero-order chi connectivity index (χ0) is 16.8. The van der Waals surface area contributed by atoms with E-state index in [9.17, 15) is 9.59 Å². The molecule has 0 saturated carbocycles. The lowest BCUT2D eigenvalue weighted by Crippen LogP contribution is -2.41. The first-order valence-corrected chi connectivity index (χ1v) is 8.37. The Bertz CT molecular complexity index is 880. The standard InChI is InChI=1S/C19H16N2O2S/c22-18(11-10-16-8-4-12-24-16)20-21-19(23)13-15-7-3-6-14-5-1-2-9-17(14)15/h1-12H,13H2,(H,20,22)(H,21,23). The number of amides is 2. The molecule has 2 aromatic carbocycles. The van der Waals surface area contributed by atoms with E-state index in [1.807, 2.05) is 60.0 Å². The average Bonchev–Trinajstić information content (AvgIpc) is 3.12. The Morgan fingerprint density at radius 1 is 0.958 bits per heavy atom. The van der Waals surface area contributed by atoms with Gasteiger partial charge in [0, 0.05) is 11.0 Å². The maximum absolute atomic E-state index is 12.0. The summed E-state index contributed by atoms with van der Waals surface area (Å²) in [6.07, 6.45) is 3.30. The first-order chi connectivity index (χ1) is 11.7. The predicted octanol–water partition coefficient (Wildman–Crippen LogP) is 3.30. The third-order valence-corrected chi connectivity index (χ3v) is 4.34. The highest BCUT2D eigenvalue weighted by molar-refractivity contribution is 7.10. The van der Waals surface area contributed by atoms with E-state index in [1.54, 1.807) is 6.08 Å². The molecule has 3 aromatic rings. The lowest BCUT2D eigenvalue weighted by atomic mass is 10.0. The Morgan fingerprint density at radius 2 is 1.79 bits per heavy atom. The summed E-state index contributed by atoms with van der Waals surface area (Å²) >= 11 is 1.54. The SMILES string of the molecule is O=C(C=Cc1cccs1)NNC(=O)Cc1cccc2ccccc12. The molecule has 0 saturated heterocycles. The predicted molar refractivity (Wildman–Crippen MR) is 97.3 cm³/mol. The van der Waals surface area contributed by atoms with Gasteiger partial charge in [-0.15, -0.1) is 11.3 Å². The van der Waals surface area contributed by atoms with Gasteiger partial charge in [0.05, 0.1) is 6.42 Å². The molecule has 0 unspecified atom stereocenters. The van der Waals surface area contributed by atoms with Crippen molar-refractivity contribution in [3.8, 4) is 0 Å². The summed E-state index contributed by atoms with van der Waals surface area (Å²) in [6, 6.07) is 17.6. The van der Waals surface area contributed by atoms with Gasteiger partial charge in [-0.1, -0.05) is 48.5 Å². The summed E-state index contributed by atoms with van der Waals surface area (Å²) in [5.74, 6) is -0.626. The van der Waals surface area contributed by atoms with E-state index < -0.39 is 0 Å². The molecule has 0 aliphatic carbocycles. The fraction of sp³-hybridized carbons (Fsp3) is 0.0526. The molecule has 0 aliphatic rings. The van der Waals surface area contributed by atoms with Gasteiger partial charge in [0.2, 0.25) is 5.91 Å². The van der Waals surface area contributed by atoms with Crippen LogP contribution in [0.15, 0.2) is 66.1 Å². The van der Waals surface area contributed by atoms with Crippen LogP contribution in [0.1, 0.15) is 10.4 Å². The van der Waals surface area contributed by atoms with Crippen molar-refractivity contribution in [3.05, 3.63) is 76.5 Å². The second kappa shape index (κ2) is 7.57. The first kappa shape index (κ1) is 16.0. The number of hydrazine groups is 1. The van der Waals surface area contributed by atoms with Gasteiger partial charge in [-0.05, 0) is 33.9 Å². The molecule has 0 radical (unpaired) electrons. The van der Waals surface area contributed by atoms with E-state index in [-0.39, 0.29) is 18.2 Å². The summed E-state index contributed by atoms with van der Waals surface area (Å²) in [5, 5.41) is 4.06. The Hall–Kier alpha value is -2.92. The van der Waals surface area contributed by atoms with Crippen LogP contribution in [0.4, 0.5) is 0 Å². The normalized spacial score (nSPS) is 10.8. The molecule has 0 aliphatic heterocycles. The highest BCUT2D eigenvalue weighted by Crippen LogP contribution is 2.18. The maximum Gasteiger partial charge on any atom is 0.262 e. The van der Waals surface area contributed by atoms with Crippen LogP contribution in [0.3, 0.4) is 0 Å². The van der Waals surface area contributed by atoms with E-state index in [2.05, 4.69) is 10.9 Å². The summed E-state index contributed by atoms with van der Waals surface area (Å²) in [6.45, 7) is 0. The Morgan fingerprint density at radius 3 is 2.62 bits per heavy atom. The third kappa shape index (κ3) is 4.08. The fourth-order valence-corrected chi connectivity index (χ4v) is 3.00. The van der Waals surface area contributed by atoms with Crippen LogP contribution in [-0.4, -0.2) is 11.8 Å². The quantitative estimate of drug-likeness (QED) is 0.567. The van der Waals surface area contributed by atoms with Crippen LogP contribution in [-0.2, 0) is 16.0 Å². The number of carbonyl (C=O) groups excluding carboxylic acids is 2. The molecular weight excluding hydrogens is 320 g/mol. The molecule has 120 valence electrons. The van der Waals surface area contributed by atoms with E-state index in [0.717, 1.165) is 21.2 Å². The van der Waals surface area contributed by atoms with Crippen molar-refractivity contribution in [3.63, 3.8) is 0 Å². The molecule has 24 heavy (non-hydrogen) atoms. The topological polar surface area (TPSA) is 58.2 Å². The van der Waals surface area contributed by atoms with Gasteiger partial charge in [0.1, 0.15) is 0 Å². The van der Waals surface area contributed by atoms with Crippen molar-refractivity contribution in [2.75, 3.05) is 0 Å². The number of fused-ring (bicyclic) bond motifs is 1. The second-order valence-electron chi connectivity index (χ2n) is 5.20. The zero-order valence-corrected chi connectivity index (χ0v) is 13.7. The van der Waals surface area contributed by atoms with Gasteiger partial charge in [-0.25, -0.2) is 0 Å². The number of hydrogen-bond acceptors (Lipinski definition) is 3. The fourth-order valence-electron chi connectivity index (χ4n) is 2.38. The number of hydrogen-bond donors (Lipinski definition) is 2. The minimum Gasteiger partial charge on any atom is -0.273 e. The van der Waals surface area contributed by atoms with Gasteiger partial charge in [-0.3, -0.25) is 20.4 Å². The lowest BCUT2D eigenvalue weighted by Gasteiger charge is -2.08. The summed E-state index contributed by atoms with van der Waals surface area (Å²) in [7, 11) is 0. The minimum absolute atomic E-state index is 0.205. The first-order valence-electron chi connectivity index (χ1n) is 7.49. The molecule has 5 heteroatoms. The van der Waals surface area contributed by atoms with Gasteiger partial charge in [0.15, 0.2) is 0 Å². The van der Waals surface area contributed by atoms with Crippen LogP contribution in [0, 0.1) is 0 Å². The molecule has 2 amide bonds. The van der Waals surface area contributed by atoms with Crippen molar-refractivity contribution in [2.45, 2.75) is 6.42 Å². The van der Waals surface area contributed by atoms with Crippen LogP contribution in [0.25, 0.3) is 16.8 Å². The van der Waals surface area contributed by atoms with Crippen LogP contribution < -0.4 is 10.9 Å². The van der Waals surface area contributed by atoms with Crippen LogP contribution in [0.2, 0.25) is 0 Å². The van der Waals surface area contributed by atoms with Crippen molar-refractivity contribution in [1.82, 2.24) is 10.9 Å². The maximum atomic E-state index is 12.0. The summed E-state index contributed by atoms with van der Waals surface area (Å²) in [5.41, 5.74) is 5.76. The van der Waals surface area contributed by atoms with Crippen molar-refractivity contribution in [2.24, 2.45) is 0 Å². The third-order valence-electron chi connectivity index (χ3n) is 3.50. The highest BCUT2D eigenvalue weighted by atomic mass is 32.1. The molecular formula is C19H16N2O2S. The molecule has 4 nitrogen and oxygen atoms in total.